The number of nitrogens with zero attached hydrogens (tertiary/aromatic N) is 3. The van der Waals surface area contributed by atoms with Crippen molar-refractivity contribution in [2.75, 3.05) is 5.88 Å². The number of para-hydroxylation sites is 1. The van der Waals surface area contributed by atoms with E-state index in [1.807, 2.05) is 31.2 Å². The van der Waals surface area contributed by atoms with E-state index in [4.69, 9.17) is 0 Å². The van der Waals surface area contributed by atoms with Gasteiger partial charge in [-0.2, -0.15) is 0 Å². The number of carbonyl (C=O) groups excluding carboxylic acids is 2. The summed E-state index contributed by atoms with van der Waals surface area (Å²) in [6.07, 6.45) is 0. The van der Waals surface area contributed by atoms with Crippen LogP contribution in [0.25, 0.3) is 10.9 Å². The van der Waals surface area contributed by atoms with Crippen LogP contribution in [0.4, 0.5) is 0 Å². The van der Waals surface area contributed by atoms with E-state index in [-0.39, 0.29) is 17.7 Å². The minimum atomic E-state index is -0.252. The van der Waals surface area contributed by atoms with Crippen molar-refractivity contribution in [3.05, 3.63) is 65.5 Å². The van der Waals surface area contributed by atoms with E-state index >= 15 is 0 Å². The Morgan fingerprint density at radius 2 is 1.54 bits per heavy atom. The van der Waals surface area contributed by atoms with Crippen molar-refractivity contribution in [3.8, 4) is 0 Å². The van der Waals surface area contributed by atoms with E-state index < -0.39 is 0 Å². The topological polar surface area (TPSA) is 63.2 Å². The number of hydrogen-bond donors (Lipinski definition) is 0. The van der Waals surface area contributed by atoms with Crippen molar-refractivity contribution in [1.29, 1.82) is 0 Å². The maximum absolute atomic E-state index is 12.4. The van der Waals surface area contributed by atoms with Gasteiger partial charge in [0.1, 0.15) is 10.9 Å². The number of rotatable bonds is 3. The van der Waals surface area contributed by atoms with Gasteiger partial charge in [0, 0.05) is 5.39 Å². The van der Waals surface area contributed by atoms with E-state index in [1.165, 1.54) is 16.7 Å². The van der Waals surface area contributed by atoms with E-state index in [1.54, 1.807) is 24.3 Å². The largest absolute Gasteiger partial charge is 0.269 e. The number of amides is 2. The van der Waals surface area contributed by atoms with Crippen LogP contribution in [0.5, 0.6) is 0 Å². The fraction of sp³-hybridized carbons (Fsp3) is 0.111. The number of carbonyl (C=O) groups is 2. The monoisotopic (exact) mass is 335 g/mol. The fourth-order valence-corrected chi connectivity index (χ4v) is 3.76. The normalized spacial score (nSPS) is 13.6. The van der Waals surface area contributed by atoms with E-state index in [9.17, 15) is 9.59 Å². The Bertz CT molecular complexity index is 952. The number of aryl methyl sites for hydroxylation is 1. The fourth-order valence-electron chi connectivity index (χ4n) is 2.75. The number of hydrogen-bond acceptors (Lipinski definition) is 5. The van der Waals surface area contributed by atoms with Crippen LogP contribution in [0.15, 0.2) is 53.6 Å². The average Bonchev–Trinajstić information content (AvgIpc) is 2.84. The molecule has 6 heteroatoms. The molecule has 0 unspecified atom stereocenters. The third kappa shape index (κ3) is 2.35. The first-order valence-electron chi connectivity index (χ1n) is 7.46. The van der Waals surface area contributed by atoms with E-state index in [0.717, 1.165) is 15.9 Å². The molecule has 0 fully saturated rings. The molecule has 0 saturated heterocycles. The van der Waals surface area contributed by atoms with Crippen LogP contribution < -0.4 is 0 Å². The Morgan fingerprint density at radius 3 is 2.25 bits per heavy atom. The molecule has 3 aromatic rings. The molecule has 0 aliphatic carbocycles. The van der Waals surface area contributed by atoms with Gasteiger partial charge >= 0.3 is 0 Å². The first-order chi connectivity index (χ1) is 11.6. The molecular formula is C18H13N3O2S. The summed E-state index contributed by atoms with van der Waals surface area (Å²) in [6.45, 7) is 1.83. The zero-order chi connectivity index (χ0) is 16.7. The van der Waals surface area contributed by atoms with Gasteiger partial charge in [0.25, 0.3) is 11.8 Å². The summed E-state index contributed by atoms with van der Waals surface area (Å²) in [4.78, 5) is 35.0. The molecule has 0 atom stereocenters. The first-order valence-corrected chi connectivity index (χ1v) is 8.45. The Labute approximate surface area is 142 Å². The molecule has 2 aromatic carbocycles. The smallest absolute Gasteiger partial charge is 0.262 e. The molecule has 1 aromatic heterocycles. The van der Waals surface area contributed by atoms with Gasteiger partial charge in [0.05, 0.1) is 22.5 Å². The summed E-state index contributed by atoms with van der Waals surface area (Å²) in [5.41, 5.74) is 1.79. The van der Waals surface area contributed by atoms with Crippen molar-refractivity contribution in [3.63, 3.8) is 0 Å². The summed E-state index contributed by atoms with van der Waals surface area (Å²) >= 11 is 1.37. The van der Waals surface area contributed by atoms with Crippen molar-refractivity contribution in [2.45, 2.75) is 11.9 Å². The highest BCUT2D eigenvalue weighted by Crippen LogP contribution is 2.29. The van der Waals surface area contributed by atoms with Crippen LogP contribution in [-0.4, -0.2) is 32.6 Å². The highest BCUT2D eigenvalue weighted by molar-refractivity contribution is 7.99. The Kier molecular flexibility index (Phi) is 3.54. The highest BCUT2D eigenvalue weighted by atomic mass is 32.2. The average molecular weight is 335 g/mol. The minimum absolute atomic E-state index is 0.229. The van der Waals surface area contributed by atoms with Crippen LogP contribution in [0.1, 0.15) is 26.5 Å². The van der Waals surface area contributed by atoms with Crippen molar-refractivity contribution < 1.29 is 9.59 Å². The number of benzene rings is 2. The van der Waals surface area contributed by atoms with Crippen LogP contribution >= 0.6 is 11.8 Å². The molecule has 0 saturated carbocycles. The number of imide groups is 1. The quantitative estimate of drug-likeness (QED) is 0.417. The molecule has 24 heavy (non-hydrogen) atoms. The molecule has 118 valence electrons. The SMILES string of the molecule is Cc1nc(SCN2C(=O)c3ccccc3C2=O)c2ccccc2n1. The second-order valence-electron chi connectivity index (χ2n) is 5.45. The van der Waals surface area contributed by atoms with Crippen LogP contribution in [-0.2, 0) is 0 Å². The summed E-state index contributed by atoms with van der Waals surface area (Å²) in [6, 6.07) is 14.6. The maximum Gasteiger partial charge on any atom is 0.262 e. The first kappa shape index (κ1) is 14.8. The van der Waals surface area contributed by atoms with Gasteiger partial charge in [-0.15, -0.1) is 0 Å². The number of fused-ring (bicyclic) bond motifs is 2. The predicted molar refractivity (Wildman–Crippen MR) is 91.9 cm³/mol. The molecule has 1 aliphatic heterocycles. The van der Waals surface area contributed by atoms with Crippen LogP contribution in [0.3, 0.4) is 0 Å². The van der Waals surface area contributed by atoms with Gasteiger partial charge in [0.15, 0.2) is 0 Å². The zero-order valence-corrected chi connectivity index (χ0v) is 13.7. The highest BCUT2D eigenvalue weighted by Gasteiger charge is 2.35. The Balaban J connectivity index is 1.63. The molecule has 5 nitrogen and oxygen atoms in total. The lowest BCUT2D eigenvalue weighted by molar-refractivity contribution is 0.0684. The zero-order valence-electron chi connectivity index (χ0n) is 12.9. The lowest BCUT2D eigenvalue weighted by atomic mass is 10.1. The van der Waals surface area contributed by atoms with Crippen molar-refractivity contribution in [2.24, 2.45) is 0 Å². The molecule has 0 N–H and O–H groups in total. The third-order valence-corrected chi connectivity index (χ3v) is 4.86. The van der Waals surface area contributed by atoms with E-state index in [2.05, 4.69) is 9.97 Å². The van der Waals surface area contributed by atoms with Gasteiger partial charge in [0.2, 0.25) is 0 Å². The van der Waals surface area contributed by atoms with Crippen molar-refractivity contribution >= 4 is 34.5 Å². The summed E-state index contributed by atoms with van der Waals surface area (Å²) in [7, 11) is 0. The molecule has 4 rings (SSSR count). The molecule has 2 amide bonds. The molecule has 1 aliphatic rings. The number of aromatic nitrogens is 2. The second-order valence-corrected chi connectivity index (χ2v) is 6.38. The molecule has 0 bridgehead atoms. The van der Waals surface area contributed by atoms with Gasteiger partial charge in [-0.3, -0.25) is 14.5 Å². The molecule has 2 heterocycles. The number of thioether (sulfide) groups is 1. The van der Waals surface area contributed by atoms with Crippen LogP contribution in [0.2, 0.25) is 0 Å². The lowest BCUT2D eigenvalue weighted by Crippen LogP contribution is -2.29. The molecule has 0 spiro atoms. The van der Waals surface area contributed by atoms with Gasteiger partial charge in [-0.05, 0) is 25.1 Å². The maximum atomic E-state index is 12.4. The van der Waals surface area contributed by atoms with Crippen molar-refractivity contribution in [1.82, 2.24) is 14.9 Å². The van der Waals surface area contributed by atoms with Gasteiger partial charge in [-0.1, -0.05) is 42.1 Å². The Hall–Kier alpha value is -2.73. The lowest BCUT2D eigenvalue weighted by Gasteiger charge is -2.13. The summed E-state index contributed by atoms with van der Waals surface area (Å²) in [5, 5.41) is 1.69. The standard InChI is InChI=1S/C18H13N3O2S/c1-11-19-15-9-5-4-8-14(15)16(20-11)24-10-21-17(22)12-6-2-3-7-13(12)18(21)23/h2-9H,10H2,1H3. The van der Waals surface area contributed by atoms with Crippen LogP contribution in [0, 0.1) is 6.92 Å². The third-order valence-electron chi connectivity index (χ3n) is 3.89. The molecular weight excluding hydrogens is 322 g/mol. The second kappa shape index (κ2) is 5.72. The summed E-state index contributed by atoms with van der Waals surface area (Å²) < 4.78 is 0. The predicted octanol–water partition coefficient (Wildman–Crippen LogP) is 3.28. The van der Waals surface area contributed by atoms with E-state index in [0.29, 0.717) is 17.0 Å². The molecule has 0 radical (unpaired) electrons. The Morgan fingerprint density at radius 1 is 0.917 bits per heavy atom. The minimum Gasteiger partial charge on any atom is -0.269 e. The van der Waals surface area contributed by atoms with Gasteiger partial charge in [-0.25, -0.2) is 9.97 Å². The summed E-state index contributed by atoms with van der Waals surface area (Å²) in [5.74, 6) is 0.391. The van der Waals surface area contributed by atoms with Gasteiger partial charge < -0.3 is 0 Å².